The Morgan fingerprint density at radius 1 is 1.26 bits per heavy atom. The lowest BCUT2D eigenvalue weighted by molar-refractivity contribution is 0.282. The van der Waals surface area contributed by atoms with Gasteiger partial charge in [-0.3, -0.25) is 4.72 Å². The molecule has 0 aliphatic heterocycles. The second-order valence-corrected chi connectivity index (χ2v) is 5.85. The summed E-state index contributed by atoms with van der Waals surface area (Å²) in [6, 6.07) is 9.09. The van der Waals surface area contributed by atoms with Gasteiger partial charge in [-0.15, -0.1) is 0 Å². The maximum absolute atomic E-state index is 12.1. The Balaban J connectivity index is 2.37. The highest BCUT2D eigenvalue weighted by Gasteiger charge is 2.16. The monoisotopic (exact) mass is 298 g/mol. The van der Waals surface area contributed by atoms with Crippen LogP contribution in [0.15, 0.2) is 47.5 Å². The van der Waals surface area contributed by atoms with Crippen LogP contribution in [0.3, 0.4) is 0 Å². The van der Waals surface area contributed by atoms with Crippen molar-refractivity contribution in [3.05, 3.63) is 53.2 Å². The molecule has 0 bridgehead atoms. The summed E-state index contributed by atoms with van der Waals surface area (Å²) in [4.78, 5) is 3.94. The van der Waals surface area contributed by atoms with E-state index in [1.54, 1.807) is 24.3 Å². The van der Waals surface area contributed by atoms with Gasteiger partial charge in [0.1, 0.15) is 5.82 Å². The molecule has 0 aliphatic carbocycles. The maximum Gasteiger partial charge on any atom is 0.263 e. The number of pyridine rings is 1. The van der Waals surface area contributed by atoms with Gasteiger partial charge >= 0.3 is 0 Å². The van der Waals surface area contributed by atoms with Crippen molar-refractivity contribution in [3.63, 3.8) is 0 Å². The zero-order chi connectivity index (χ0) is 13.9. The molecule has 19 heavy (non-hydrogen) atoms. The lowest BCUT2D eigenvalue weighted by Crippen LogP contribution is -2.15. The molecular formula is C12H11ClN2O3S. The molecule has 0 aliphatic rings. The SMILES string of the molecule is O=S(=O)(Nc1ncccc1CO)c1cccc(Cl)c1. The summed E-state index contributed by atoms with van der Waals surface area (Å²) < 4.78 is 26.6. The van der Waals surface area contributed by atoms with Gasteiger partial charge in [0.05, 0.1) is 11.5 Å². The number of anilines is 1. The fourth-order valence-electron chi connectivity index (χ4n) is 1.48. The number of aliphatic hydroxyl groups excluding tert-OH is 1. The van der Waals surface area contributed by atoms with Crippen LogP contribution in [0.25, 0.3) is 0 Å². The number of halogens is 1. The molecule has 0 radical (unpaired) electrons. The van der Waals surface area contributed by atoms with Crippen LogP contribution in [0.5, 0.6) is 0 Å². The van der Waals surface area contributed by atoms with Crippen molar-refractivity contribution in [2.24, 2.45) is 0 Å². The lowest BCUT2D eigenvalue weighted by Gasteiger charge is -2.10. The fourth-order valence-corrected chi connectivity index (χ4v) is 2.83. The van der Waals surface area contributed by atoms with Crippen LogP contribution >= 0.6 is 11.6 Å². The number of rotatable bonds is 4. The molecule has 0 fully saturated rings. The number of aliphatic hydroxyl groups is 1. The highest BCUT2D eigenvalue weighted by atomic mass is 35.5. The molecule has 1 aromatic carbocycles. The molecule has 0 atom stereocenters. The number of sulfonamides is 1. The zero-order valence-electron chi connectivity index (χ0n) is 9.75. The quantitative estimate of drug-likeness (QED) is 0.905. The summed E-state index contributed by atoms with van der Waals surface area (Å²) >= 11 is 5.76. The molecule has 2 rings (SSSR count). The van der Waals surface area contributed by atoms with E-state index in [-0.39, 0.29) is 17.3 Å². The third kappa shape index (κ3) is 3.23. The van der Waals surface area contributed by atoms with Crippen LogP contribution < -0.4 is 4.72 Å². The minimum Gasteiger partial charge on any atom is -0.392 e. The van der Waals surface area contributed by atoms with Crippen LogP contribution in [0.4, 0.5) is 5.82 Å². The summed E-state index contributed by atoms with van der Waals surface area (Å²) in [5.74, 6) is 0.102. The minimum atomic E-state index is -3.78. The Morgan fingerprint density at radius 3 is 2.74 bits per heavy atom. The van der Waals surface area contributed by atoms with Crippen molar-refractivity contribution < 1.29 is 13.5 Å². The van der Waals surface area contributed by atoms with E-state index in [1.165, 1.54) is 18.3 Å². The smallest absolute Gasteiger partial charge is 0.263 e. The van der Waals surface area contributed by atoms with E-state index in [9.17, 15) is 8.42 Å². The number of nitrogens with one attached hydrogen (secondary N) is 1. The van der Waals surface area contributed by atoms with Crippen LogP contribution in [-0.2, 0) is 16.6 Å². The highest BCUT2D eigenvalue weighted by molar-refractivity contribution is 7.92. The van der Waals surface area contributed by atoms with E-state index in [0.717, 1.165) is 0 Å². The summed E-state index contributed by atoms with van der Waals surface area (Å²) in [7, 11) is -3.78. The van der Waals surface area contributed by atoms with E-state index >= 15 is 0 Å². The second kappa shape index (κ2) is 5.56. The molecule has 1 aromatic heterocycles. The normalized spacial score (nSPS) is 11.3. The molecule has 100 valence electrons. The van der Waals surface area contributed by atoms with E-state index in [0.29, 0.717) is 10.6 Å². The fraction of sp³-hybridized carbons (Fsp3) is 0.0833. The van der Waals surface area contributed by atoms with Crippen LogP contribution in [-0.4, -0.2) is 18.5 Å². The topological polar surface area (TPSA) is 79.3 Å². The Morgan fingerprint density at radius 2 is 2.05 bits per heavy atom. The first kappa shape index (κ1) is 13.8. The Hall–Kier alpha value is -1.63. The first-order valence-corrected chi connectivity index (χ1v) is 7.22. The van der Waals surface area contributed by atoms with Crippen molar-refractivity contribution in [2.45, 2.75) is 11.5 Å². The number of hydrogen-bond acceptors (Lipinski definition) is 4. The van der Waals surface area contributed by atoms with Gasteiger partial charge in [-0.05, 0) is 24.3 Å². The molecule has 1 heterocycles. The molecule has 0 spiro atoms. The van der Waals surface area contributed by atoms with E-state index in [2.05, 4.69) is 9.71 Å². The predicted octanol–water partition coefficient (Wildman–Crippen LogP) is 2.03. The first-order valence-electron chi connectivity index (χ1n) is 5.36. The summed E-state index contributed by atoms with van der Waals surface area (Å²) in [6.45, 7) is -0.304. The number of nitrogens with zero attached hydrogens (tertiary/aromatic N) is 1. The third-order valence-corrected chi connectivity index (χ3v) is 3.97. The van der Waals surface area contributed by atoms with Crippen molar-refractivity contribution in [3.8, 4) is 0 Å². The van der Waals surface area contributed by atoms with Gasteiger partial charge in [0, 0.05) is 16.8 Å². The van der Waals surface area contributed by atoms with Crippen molar-refractivity contribution in [1.82, 2.24) is 4.98 Å². The second-order valence-electron chi connectivity index (χ2n) is 3.73. The molecule has 2 N–H and O–H groups in total. The maximum atomic E-state index is 12.1. The van der Waals surface area contributed by atoms with E-state index in [1.807, 2.05) is 0 Å². The summed E-state index contributed by atoms with van der Waals surface area (Å²) in [5.41, 5.74) is 0.396. The Labute approximate surface area is 115 Å². The van der Waals surface area contributed by atoms with E-state index in [4.69, 9.17) is 16.7 Å². The van der Waals surface area contributed by atoms with Gasteiger partial charge in [-0.1, -0.05) is 23.7 Å². The zero-order valence-corrected chi connectivity index (χ0v) is 11.3. The van der Waals surface area contributed by atoms with Crippen molar-refractivity contribution in [1.29, 1.82) is 0 Å². The Kier molecular flexibility index (Phi) is 4.04. The van der Waals surface area contributed by atoms with Gasteiger partial charge in [-0.2, -0.15) is 0 Å². The van der Waals surface area contributed by atoms with Gasteiger partial charge < -0.3 is 5.11 Å². The largest absolute Gasteiger partial charge is 0.392 e. The predicted molar refractivity (Wildman–Crippen MR) is 72.4 cm³/mol. The number of aromatic nitrogens is 1. The molecule has 0 unspecified atom stereocenters. The molecule has 0 amide bonds. The molecule has 2 aromatic rings. The van der Waals surface area contributed by atoms with Crippen LogP contribution in [0.1, 0.15) is 5.56 Å². The van der Waals surface area contributed by atoms with Gasteiger partial charge in [-0.25, -0.2) is 13.4 Å². The lowest BCUT2D eigenvalue weighted by atomic mass is 10.3. The molecule has 7 heteroatoms. The van der Waals surface area contributed by atoms with Gasteiger partial charge in [0.2, 0.25) is 0 Å². The molecule has 5 nitrogen and oxygen atoms in total. The van der Waals surface area contributed by atoms with Gasteiger partial charge in [0.25, 0.3) is 10.0 Å². The third-order valence-electron chi connectivity index (χ3n) is 2.40. The van der Waals surface area contributed by atoms with Crippen LogP contribution in [0, 0.1) is 0 Å². The summed E-state index contributed by atoms with van der Waals surface area (Å²) in [6.07, 6.45) is 1.44. The number of hydrogen-bond donors (Lipinski definition) is 2. The Bertz CT molecular complexity index is 689. The molecule has 0 saturated carbocycles. The first-order chi connectivity index (χ1) is 9.03. The highest BCUT2D eigenvalue weighted by Crippen LogP contribution is 2.20. The summed E-state index contributed by atoms with van der Waals surface area (Å²) in [5, 5.41) is 9.46. The van der Waals surface area contributed by atoms with Gasteiger partial charge in [0.15, 0.2) is 0 Å². The average Bonchev–Trinajstić information content (AvgIpc) is 2.39. The van der Waals surface area contributed by atoms with E-state index < -0.39 is 10.0 Å². The van der Waals surface area contributed by atoms with Crippen molar-refractivity contribution in [2.75, 3.05) is 4.72 Å². The standard InChI is InChI=1S/C12H11ClN2O3S/c13-10-4-1-5-11(7-10)19(17,18)15-12-9(8-16)3-2-6-14-12/h1-7,16H,8H2,(H,14,15). The average molecular weight is 299 g/mol. The van der Waals surface area contributed by atoms with Crippen molar-refractivity contribution >= 4 is 27.4 Å². The molecule has 0 saturated heterocycles. The number of benzene rings is 1. The van der Waals surface area contributed by atoms with Crippen LogP contribution in [0.2, 0.25) is 5.02 Å². The minimum absolute atomic E-state index is 0.0366. The molecular weight excluding hydrogens is 288 g/mol.